The van der Waals surface area contributed by atoms with Crippen LogP contribution in [-0.4, -0.2) is 14.5 Å². The molecule has 0 bridgehead atoms. The van der Waals surface area contributed by atoms with Crippen molar-refractivity contribution in [2.75, 3.05) is 0 Å². The summed E-state index contributed by atoms with van der Waals surface area (Å²) in [5.41, 5.74) is 0. The van der Waals surface area contributed by atoms with Gasteiger partial charge in [0.2, 0.25) is 5.95 Å². The maximum Gasteiger partial charge on any atom is 0.234 e. The minimum atomic E-state index is 0.650. The summed E-state index contributed by atoms with van der Waals surface area (Å²) in [4.78, 5) is 8.08. The SMILES string of the molecule is [c]1cccn1-c1ncccn1. The topological polar surface area (TPSA) is 30.7 Å². The third kappa shape index (κ3) is 1.12. The zero-order valence-corrected chi connectivity index (χ0v) is 5.81. The molecule has 3 heteroatoms. The molecule has 1 radical (unpaired) electrons. The van der Waals surface area contributed by atoms with E-state index in [2.05, 4.69) is 16.2 Å². The third-order valence-corrected chi connectivity index (χ3v) is 1.31. The lowest BCUT2D eigenvalue weighted by Crippen LogP contribution is -1.95. The molecule has 0 saturated heterocycles. The fourth-order valence-electron chi connectivity index (χ4n) is 0.835. The Hall–Kier alpha value is -1.64. The van der Waals surface area contributed by atoms with Crippen LogP contribution in [0, 0.1) is 6.20 Å². The molecule has 3 nitrogen and oxygen atoms in total. The van der Waals surface area contributed by atoms with E-state index in [9.17, 15) is 0 Å². The molecule has 2 heterocycles. The second-order valence-electron chi connectivity index (χ2n) is 2.06. The lowest BCUT2D eigenvalue weighted by molar-refractivity contribution is 0.929. The van der Waals surface area contributed by atoms with E-state index in [-0.39, 0.29) is 0 Å². The third-order valence-electron chi connectivity index (χ3n) is 1.31. The molecule has 2 aromatic heterocycles. The maximum absolute atomic E-state index is 4.04. The lowest BCUT2D eigenvalue weighted by Gasteiger charge is -1.95. The van der Waals surface area contributed by atoms with Crippen molar-refractivity contribution >= 4 is 0 Å². The van der Waals surface area contributed by atoms with E-state index in [4.69, 9.17) is 0 Å². The molecule has 0 amide bonds. The molecule has 0 atom stereocenters. The van der Waals surface area contributed by atoms with Crippen molar-refractivity contribution in [1.29, 1.82) is 0 Å². The van der Waals surface area contributed by atoms with Gasteiger partial charge in [-0.2, -0.15) is 0 Å². The number of hydrogen-bond acceptors (Lipinski definition) is 2. The molecule has 0 unspecified atom stereocenters. The molecule has 0 aromatic carbocycles. The van der Waals surface area contributed by atoms with Crippen LogP contribution in [0.2, 0.25) is 0 Å². The largest absolute Gasteiger partial charge is 0.284 e. The summed E-state index contributed by atoms with van der Waals surface area (Å²) in [6, 6.07) is 5.49. The van der Waals surface area contributed by atoms with Gasteiger partial charge in [0, 0.05) is 18.6 Å². The minimum absolute atomic E-state index is 0.650. The predicted octanol–water partition coefficient (Wildman–Crippen LogP) is 1.07. The van der Waals surface area contributed by atoms with Crippen LogP contribution in [0.15, 0.2) is 36.8 Å². The molecule has 0 saturated carbocycles. The van der Waals surface area contributed by atoms with E-state index < -0.39 is 0 Å². The lowest BCUT2D eigenvalue weighted by atomic mass is 10.7. The molecule has 0 aliphatic rings. The Bertz CT molecular complexity index is 312. The van der Waals surface area contributed by atoms with Gasteiger partial charge in [-0.05, 0) is 18.2 Å². The van der Waals surface area contributed by atoms with Crippen molar-refractivity contribution in [3.63, 3.8) is 0 Å². The molecule has 0 N–H and O–H groups in total. The van der Waals surface area contributed by atoms with Crippen LogP contribution in [-0.2, 0) is 0 Å². The summed E-state index contributed by atoms with van der Waals surface area (Å²) >= 11 is 0. The molecule has 11 heavy (non-hydrogen) atoms. The van der Waals surface area contributed by atoms with Gasteiger partial charge in [-0.3, -0.25) is 4.57 Å². The quantitative estimate of drug-likeness (QED) is 0.599. The van der Waals surface area contributed by atoms with E-state index >= 15 is 0 Å². The normalized spacial score (nSPS) is 9.82. The maximum atomic E-state index is 4.04. The van der Waals surface area contributed by atoms with Gasteiger partial charge in [0.05, 0.1) is 6.20 Å². The molecular formula is C8H6N3. The molecule has 0 aliphatic heterocycles. The molecule has 2 aromatic rings. The van der Waals surface area contributed by atoms with Gasteiger partial charge in [0.1, 0.15) is 0 Å². The second kappa shape index (κ2) is 2.54. The Morgan fingerprint density at radius 1 is 1.18 bits per heavy atom. The van der Waals surface area contributed by atoms with Crippen LogP contribution >= 0.6 is 0 Å². The summed E-state index contributed by atoms with van der Waals surface area (Å²) in [6.45, 7) is 0. The first kappa shape index (κ1) is 6.09. The molecular weight excluding hydrogens is 138 g/mol. The van der Waals surface area contributed by atoms with Crippen molar-refractivity contribution in [2.45, 2.75) is 0 Å². The van der Waals surface area contributed by atoms with Gasteiger partial charge in [0.15, 0.2) is 0 Å². The number of hydrogen-bond donors (Lipinski definition) is 0. The minimum Gasteiger partial charge on any atom is -0.284 e. The first-order valence-electron chi connectivity index (χ1n) is 3.29. The molecule has 2 rings (SSSR count). The highest BCUT2D eigenvalue weighted by atomic mass is 15.1. The molecule has 53 valence electrons. The standard InChI is InChI=1S/C8H6N3/c1-2-7-11(6-1)8-9-4-3-5-10-8/h1-6H. The molecule has 0 spiro atoms. The Balaban J connectivity index is 2.46. The summed E-state index contributed by atoms with van der Waals surface area (Å²) in [5, 5.41) is 0. The Kier molecular flexibility index (Phi) is 1.41. The zero-order chi connectivity index (χ0) is 7.52. The van der Waals surface area contributed by atoms with Gasteiger partial charge in [-0.25, -0.2) is 9.97 Å². The van der Waals surface area contributed by atoms with Crippen molar-refractivity contribution in [2.24, 2.45) is 0 Å². The van der Waals surface area contributed by atoms with Crippen LogP contribution < -0.4 is 0 Å². The molecule has 0 aliphatic carbocycles. The number of rotatable bonds is 1. The summed E-state index contributed by atoms with van der Waals surface area (Å²) in [7, 11) is 0. The monoisotopic (exact) mass is 144 g/mol. The highest BCUT2D eigenvalue weighted by Crippen LogP contribution is 1.97. The predicted molar refractivity (Wildman–Crippen MR) is 40.2 cm³/mol. The summed E-state index contributed by atoms with van der Waals surface area (Å²) in [6.07, 6.45) is 8.21. The van der Waals surface area contributed by atoms with Gasteiger partial charge in [-0.15, -0.1) is 0 Å². The smallest absolute Gasteiger partial charge is 0.234 e. The van der Waals surface area contributed by atoms with E-state index in [0.717, 1.165) is 0 Å². The number of aromatic nitrogens is 3. The van der Waals surface area contributed by atoms with Crippen LogP contribution in [0.4, 0.5) is 0 Å². The average Bonchev–Trinajstić information content (AvgIpc) is 2.58. The zero-order valence-electron chi connectivity index (χ0n) is 5.81. The van der Waals surface area contributed by atoms with Crippen molar-refractivity contribution < 1.29 is 0 Å². The van der Waals surface area contributed by atoms with Crippen molar-refractivity contribution in [1.82, 2.24) is 14.5 Å². The van der Waals surface area contributed by atoms with Crippen molar-refractivity contribution in [3.8, 4) is 5.95 Å². The van der Waals surface area contributed by atoms with Crippen LogP contribution in [0.5, 0.6) is 0 Å². The van der Waals surface area contributed by atoms with Gasteiger partial charge < -0.3 is 0 Å². The van der Waals surface area contributed by atoms with Gasteiger partial charge >= 0.3 is 0 Å². The van der Waals surface area contributed by atoms with Crippen molar-refractivity contribution in [3.05, 3.63) is 43.0 Å². The van der Waals surface area contributed by atoms with E-state index in [1.807, 2.05) is 18.3 Å². The Morgan fingerprint density at radius 2 is 2.00 bits per heavy atom. The van der Waals surface area contributed by atoms with Crippen LogP contribution in [0.3, 0.4) is 0 Å². The van der Waals surface area contributed by atoms with E-state index in [0.29, 0.717) is 5.95 Å². The van der Waals surface area contributed by atoms with Crippen LogP contribution in [0.1, 0.15) is 0 Å². The highest BCUT2D eigenvalue weighted by Gasteiger charge is 1.93. The van der Waals surface area contributed by atoms with E-state index in [1.54, 1.807) is 23.0 Å². The number of nitrogens with zero attached hydrogens (tertiary/aromatic N) is 3. The second-order valence-corrected chi connectivity index (χ2v) is 2.06. The fraction of sp³-hybridized carbons (Fsp3) is 0. The first-order valence-corrected chi connectivity index (χ1v) is 3.29. The average molecular weight is 144 g/mol. The fourth-order valence-corrected chi connectivity index (χ4v) is 0.835. The summed E-state index contributed by atoms with van der Waals surface area (Å²) < 4.78 is 1.74. The molecule has 0 fully saturated rings. The summed E-state index contributed by atoms with van der Waals surface area (Å²) in [5.74, 6) is 0.650. The van der Waals surface area contributed by atoms with E-state index in [1.165, 1.54) is 0 Å². The van der Waals surface area contributed by atoms with Gasteiger partial charge in [0.25, 0.3) is 0 Å². The Morgan fingerprint density at radius 3 is 2.64 bits per heavy atom. The van der Waals surface area contributed by atoms with Gasteiger partial charge in [-0.1, -0.05) is 0 Å². The first-order chi connectivity index (χ1) is 5.47. The van der Waals surface area contributed by atoms with Crippen LogP contribution in [0.25, 0.3) is 5.95 Å². The Labute approximate surface area is 64.3 Å². The highest BCUT2D eigenvalue weighted by molar-refractivity contribution is 5.11.